The fourth-order valence-electron chi connectivity index (χ4n) is 2.80. The second-order valence-electron chi connectivity index (χ2n) is 5.47. The second-order valence-corrected chi connectivity index (χ2v) is 5.47. The standard InChI is InChI=1S/C16H23NO4/c18-11-13-3-1-2-4-15(13)17-9-10-21-14-7-5-12(6-8-14)16(19)20/h5-8,13,15,17-18H,1-4,9-11H2,(H,19,20). The maximum absolute atomic E-state index is 10.7. The molecule has 1 aromatic carbocycles. The normalized spacial score (nSPS) is 22.0. The topological polar surface area (TPSA) is 78.8 Å². The SMILES string of the molecule is O=C(O)c1ccc(OCCNC2CCCCC2CO)cc1. The van der Waals surface area contributed by atoms with Gasteiger partial charge in [0.15, 0.2) is 0 Å². The van der Waals surface area contributed by atoms with Crippen molar-refractivity contribution in [1.29, 1.82) is 0 Å². The highest BCUT2D eigenvalue weighted by molar-refractivity contribution is 5.87. The van der Waals surface area contributed by atoms with Crippen LogP contribution in [0.1, 0.15) is 36.0 Å². The maximum atomic E-state index is 10.7. The Labute approximate surface area is 124 Å². The number of ether oxygens (including phenoxy) is 1. The van der Waals surface area contributed by atoms with E-state index in [0.29, 0.717) is 24.3 Å². The van der Waals surface area contributed by atoms with E-state index < -0.39 is 5.97 Å². The summed E-state index contributed by atoms with van der Waals surface area (Å²) in [7, 11) is 0. The number of carbonyl (C=O) groups is 1. The third-order valence-corrected chi connectivity index (χ3v) is 4.02. The third-order valence-electron chi connectivity index (χ3n) is 4.02. The average Bonchev–Trinajstić information content (AvgIpc) is 2.52. The minimum atomic E-state index is -0.935. The molecule has 5 nitrogen and oxygen atoms in total. The minimum absolute atomic E-state index is 0.245. The van der Waals surface area contributed by atoms with Gasteiger partial charge in [-0.2, -0.15) is 0 Å². The Morgan fingerprint density at radius 2 is 1.95 bits per heavy atom. The molecule has 1 aliphatic carbocycles. The minimum Gasteiger partial charge on any atom is -0.492 e. The van der Waals surface area contributed by atoms with E-state index in [2.05, 4.69) is 5.32 Å². The van der Waals surface area contributed by atoms with Crippen molar-refractivity contribution in [2.24, 2.45) is 5.92 Å². The van der Waals surface area contributed by atoms with Crippen molar-refractivity contribution in [3.8, 4) is 5.75 Å². The van der Waals surface area contributed by atoms with Gasteiger partial charge in [0, 0.05) is 19.2 Å². The van der Waals surface area contributed by atoms with Crippen LogP contribution in [0.2, 0.25) is 0 Å². The summed E-state index contributed by atoms with van der Waals surface area (Å²) in [5.74, 6) is 0.0910. The summed E-state index contributed by atoms with van der Waals surface area (Å²) in [6.07, 6.45) is 4.62. The largest absolute Gasteiger partial charge is 0.492 e. The molecule has 0 aliphatic heterocycles. The van der Waals surface area contributed by atoms with Gasteiger partial charge in [0.2, 0.25) is 0 Å². The van der Waals surface area contributed by atoms with E-state index in [1.54, 1.807) is 12.1 Å². The van der Waals surface area contributed by atoms with E-state index in [1.165, 1.54) is 25.0 Å². The number of benzene rings is 1. The first-order chi connectivity index (χ1) is 10.2. The molecule has 2 rings (SSSR count). The molecule has 0 bridgehead atoms. The zero-order valence-electron chi connectivity index (χ0n) is 12.1. The van der Waals surface area contributed by atoms with Crippen LogP contribution in [-0.4, -0.2) is 42.0 Å². The van der Waals surface area contributed by atoms with Gasteiger partial charge in [-0.25, -0.2) is 4.79 Å². The van der Waals surface area contributed by atoms with Gasteiger partial charge in [-0.15, -0.1) is 0 Å². The monoisotopic (exact) mass is 293 g/mol. The van der Waals surface area contributed by atoms with Crippen molar-refractivity contribution in [1.82, 2.24) is 5.32 Å². The van der Waals surface area contributed by atoms with Crippen LogP contribution in [0.25, 0.3) is 0 Å². The van der Waals surface area contributed by atoms with Crippen LogP contribution < -0.4 is 10.1 Å². The van der Waals surface area contributed by atoms with Crippen LogP contribution >= 0.6 is 0 Å². The molecule has 5 heteroatoms. The molecule has 3 N–H and O–H groups in total. The number of aliphatic hydroxyl groups is 1. The van der Waals surface area contributed by atoms with E-state index in [9.17, 15) is 9.90 Å². The Hall–Kier alpha value is -1.59. The zero-order chi connectivity index (χ0) is 15.1. The second kappa shape index (κ2) is 8.00. The smallest absolute Gasteiger partial charge is 0.335 e. The molecule has 1 saturated carbocycles. The summed E-state index contributed by atoms with van der Waals surface area (Å²) in [6.45, 7) is 1.50. The molecule has 21 heavy (non-hydrogen) atoms. The van der Waals surface area contributed by atoms with Gasteiger partial charge in [-0.3, -0.25) is 0 Å². The van der Waals surface area contributed by atoms with E-state index in [-0.39, 0.29) is 12.2 Å². The van der Waals surface area contributed by atoms with Crippen LogP contribution in [0.3, 0.4) is 0 Å². The number of rotatable bonds is 7. The van der Waals surface area contributed by atoms with Gasteiger partial charge in [-0.05, 0) is 43.0 Å². The van der Waals surface area contributed by atoms with Crippen LogP contribution in [0.4, 0.5) is 0 Å². The molecular formula is C16H23NO4. The molecule has 2 unspecified atom stereocenters. The van der Waals surface area contributed by atoms with Gasteiger partial charge in [0.1, 0.15) is 12.4 Å². The first kappa shape index (κ1) is 15.8. The Kier molecular flexibility index (Phi) is 6.02. The highest BCUT2D eigenvalue weighted by Crippen LogP contribution is 2.23. The third kappa shape index (κ3) is 4.72. The van der Waals surface area contributed by atoms with Crippen LogP contribution in [0.15, 0.2) is 24.3 Å². The van der Waals surface area contributed by atoms with Gasteiger partial charge in [-0.1, -0.05) is 12.8 Å². The highest BCUT2D eigenvalue weighted by Gasteiger charge is 2.23. The van der Waals surface area contributed by atoms with Crippen LogP contribution in [0.5, 0.6) is 5.75 Å². The van der Waals surface area contributed by atoms with E-state index in [0.717, 1.165) is 19.4 Å². The Balaban J connectivity index is 1.70. The Morgan fingerprint density at radius 1 is 1.24 bits per heavy atom. The fourth-order valence-corrected chi connectivity index (χ4v) is 2.80. The van der Waals surface area contributed by atoms with E-state index >= 15 is 0 Å². The Morgan fingerprint density at radius 3 is 2.62 bits per heavy atom. The number of aromatic carboxylic acids is 1. The lowest BCUT2D eigenvalue weighted by Crippen LogP contribution is -2.41. The number of hydrogen-bond donors (Lipinski definition) is 3. The molecule has 1 aromatic rings. The maximum Gasteiger partial charge on any atom is 0.335 e. The van der Waals surface area contributed by atoms with Crippen molar-refractivity contribution >= 4 is 5.97 Å². The molecule has 1 aliphatic rings. The summed E-state index contributed by atoms with van der Waals surface area (Å²) in [4.78, 5) is 10.7. The van der Waals surface area contributed by atoms with Crippen LogP contribution in [-0.2, 0) is 0 Å². The summed E-state index contributed by atoms with van der Waals surface area (Å²) in [5, 5.41) is 21.6. The Bertz CT molecular complexity index is 446. The van der Waals surface area contributed by atoms with E-state index in [1.807, 2.05) is 0 Å². The van der Waals surface area contributed by atoms with Gasteiger partial charge in [0.05, 0.1) is 5.56 Å². The zero-order valence-corrected chi connectivity index (χ0v) is 12.1. The predicted octanol–water partition coefficient (Wildman–Crippen LogP) is 1.90. The molecular weight excluding hydrogens is 270 g/mol. The van der Waals surface area contributed by atoms with Gasteiger partial charge >= 0.3 is 5.97 Å². The van der Waals surface area contributed by atoms with Gasteiger partial charge < -0.3 is 20.3 Å². The van der Waals surface area contributed by atoms with Crippen molar-refractivity contribution in [3.05, 3.63) is 29.8 Å². The van der Waals surface area contributed by atoms with Crippen molar-refractivity contribution < 1.29 is 19.7 Å². The summed E-state index contributed by atoms with van der Waals surface area (Å²) >= 11 is 0. The molecule has 0 aromatic heterocycles. The molecule has 0 radical (unpaired) electrons. The predicted molar refractivity (Wildman–Crippen MR) is 79.7 cm³/mol. The number of carboxylic acid groups (broad SMARTS) is 1. The number of hydrogen-bond acceptors (Lipinski definition) is 4. The molecule has 116 valence electrons. The number of aliphatic hydroxyl groups excluding tert-OH is 1. The average molecular weight is 293 g/mol. The molecule has 0 saturated heterocycles. The number of nitrogens with one attached hydrogen (secondary N) is 1. The molecule has 1 fully saturated rings. The quantitative estimate of drug-likeness (QED) is 0.669. The van der Waals surface area contributed by atoms with Crippen molar-refractivity contribution in [2.75, 3.05) is 19.8 Å². The molecule has 0 amide bonds. The fraction of sp³-hybridized carbons (Fsp3) is 0.562. The highest BCUT2D eigenvalue weighted by atomic mass is 16.5. The van der Waals surface area contributed by atoms with Crippen LogP contribution in [0, 0.1) is 5.92 Å². The van der Waals surface area contributed by atoms with Crippen molar-refractivity contribution in [2.45, 2.75) is 31.7 Å². The lowest BCUT2D eigenvalue weighted by atomic mass is 9.85. The first-order valence-electron chi connectivity index (χ1n) is 7.51. The summed E-state index contributed by atoms with van der Waals surface area (Å²) in [6, 6.07) is 6.78. The molecule has 0 heterocycles. The summed E-state index contributed by atoms with van der Waals surface area (Å²) < 4.78 is 5.58. The molecule has 2 atom stereocenters. The lowest BCUT2D eigenvalue weighted by molar-refractivity contribution is 0.0697. The van der Waals surface area contributed by atoms with Gasteiger partial charge in [0.25, 0.3) is 0 Å². The van der Waals surface area contributed by atoms with E-state index in [4.69, 9.17) is 9.84 Å². The summed E-state index contributed by atoms with van der Waals surface area (Å²) in [5.41, 5.74) is 0.258. The first-order valence-corrected chi connectivity index (χ1v) is 7.51. The van der Waals surface area contributed by atoms with Crippen molar-refractivity contribution in [3.63, 3.8) is 0 Å². The molecule has 0 spiro atoms. The number of carboxylic acids is 1. The lowest BCUT2D eigenvalue weighted by Gasteiger charge is -2.31.